The van der Waals surface area contributed by atoms with Gasteiger partial charge in [0.05, 0.1) is 19.1 Å². The molecule has 21 heavy (non-hydrogen) atoms. The van der Waals surface area contributed by atoms with Gasteiger partial charge in [-0.3, -0.25) is 0 Å². The Morgan fingerprint density at radius 1 is 1.14 bits per heavy atom. The van der Waals surface area contributed by atoms with Crippen LogP contribution in [0.4, 0.5) is 0 Å². The minimum Gasteiger partial charge on any atom is -0.493 e. The quantitative estimate of drug-likeness (QED) is 0.777. The van der Waals surface area contributed by atoms with Gasteiger partial charge in [-0.1, -0.05) is 20.8 Å². The minimum absolute atomic E-state index is 0.120. The van der Waals surface area contributed by atoms with Gasteiger partial charge < -0.3 is 9.47 Å². The molecule has 120 valence electrons. The van der Waals surface area contributed by atoms with Crippen molar-refractivity contribution in [3.8, 4) is 11.5 Å². The van der Waals surface area contributed by atoms with Crippen molar-refractivity contribution in [3.05, 3.63) is 18.2 Å². The second-order valence-corrected chi connectivity index (χ2v) is 9.06. The molecule has 0 aliphatic heterocycles. The summed E-state index contributed by atoms with van der Waals surface area (Å²) in [6.07, 6.45) is 0. The highest BCUT2D eigenvalue weighted by molar-refractivity contribution is 8.00. The van der Waals surface area contributed by atoms with Crippen LogP contribution in [0.2, 0.25) is 0 Å². The topological polar surface area (TPSA) is 64.6 Å². The molecule has 0 heterocycles. The molecule has 5 nitrogen and oxygen atoms in total. The van der Waals surface area contributed by atoms with Crippen molar-refractivity contribution in [1.82, 2.24) is 4.72 Å². The van der Waals surface area contributed by atoms with Gasteiger partial charge in [-0.15, -0.1) is 0 Å². The smallest absolute Gasteiger partial charge is 0.240 e. The van der Waals surface area contributed by atoms with Gasteiger partial charge in [0.2, 0.25) is 10.0 Å². The van der Waals surface area contributed by atoms with E-state index in [0.29, 0.717) is 18.0 Å². The zero-order valence-electron chi connectivity index (χ0n) is 13.1. The molecule has 1 aromatic carbocycles. The van der Waals surface area contributed by atoms with Crippen molar-refractivity contribution in [1.29, 1.82) is 0 Å². The zero-order chi connectivity index (χ0) is 16.1. The lowest BCUT2D eigenvalue weighted by atomic mass is 10.3. The molecule has 1 rings (SSSR count). The number of sulfonamides is 1. The molecule has 0 aliphatic rings. The van der Waals surface area contributed by atoms with E-state index in [4.69, 9.17) is 9.47 Å². The second-order valence-electron chi connectivity index (χ2n) is 5.38. The number of hydrogen-bond acceptors (Lipinski definition) is 5. The maximum atomic E-state index is 12.2. The molecule has 0 aromatic heterocycles. The third-order valence-electron chi connectivity index (χ3n) is 2.59. The summed E-state index contributed by atoms with van der Waals surface area (Å²) in [5, 5.41) is 0. The Bertz CT molecular complexity index is 565. The Balaban J connectivity index is 2.74. The molecule has 0 unspecified atom stereocenters. The Hall–Kier alpha value is -0.920. The normalized spacial score (nSPS) is 12.2. The molecule has 0 saturated carbocycles. The lowest BCUT2D eigenvalue weighted by molar-refractivity contribution is 0.354. The second kappa shape index (κ2) is 7.38. The van der Waals surface area contributed by atoms with Crippen LogP contribution in [0.1, 0.15) is 20.8 Å². The molecule has 7 heteroatoms. The van der Waals surface area contributed by atoms with Gasteiger partial charge >= 0.3 is 0 Å². The highest BCUT2D eigenvalue weighted by atomic mass is 32.2. The summed E-state index contributed by atoms with van der Waals surface area (Å²) in [6, 6.07) is 4.54. The van der Waals surface area contributed by atoms with Gasteiger partial charge in [-0.25, -0.2) is 13.1 Å². The minimum atomic E-state index is -3.53. The van der Waals surface area contributed by atoms with E-state index in [1.807, 2.05) is 0 Å². The Morgan fingerprint density at radius 3 is 2.29 bits per heavy atom. The summed E-state index contributed by atoms with van der Waals surface area (Å²) < 4.78 is 37.3. The highest BCUT2D eigenvalue weighted by Gasteiger charge is 2.17. The van der Waals surface area contributed by atoms with Crippen LogP contribution in [-0.4, -0.2) is 39.7 Å². The molecular formula is C14H23NO4S2. The first-order chi connectivity index (χ1) is 9.69. The monoisotopic (exact) mass is 333 g/mol. The van der Waals surface area contributed by atoms with Crippen LogP contribution in [0.15, 0.2) is 23.1 Å². The van der Waals surface area contributed by atoms with Crippen molar-refractivity contribution < 1.29 is 17.9 Å². The number of rotatable bonds is 7. The largest absolute Gasteiger partial charge is 0.493 e. The van der Waals surface area contributed by atoms with E-state index in [-0.39, 0.29) is 9.64 Å². The van der Waals surface area contributed by atoms with Gasteiger partial charge in [0, 0.05) is 23.1 Å². The van der Waals surface area contributed by atoms with Gasteiger partial charge in [-0.2, -0.15) is 11.8 Å². The van der Waals surface area contributed by atoms with E-state index in [1.165, 1.54) is 26.4 Å². The van der Waals surface area contributed by atoms with Gasteiger partial charge in [0.25, 0.3) is 0 Å². The highest BCUT2D eigenvalue weighted by Crippen LogP contribution is 2.29. The third-order valence-corrected chi connectivity index (χ3v) is 5.33. The maximum Gasteiger partial charge on any atom is 0.240 e. The predicted molar refractivity (Wildman–Crippen MR) is 86.9 cm³/mol. The molecule has 0 saturated heterocycles. The van der Waals surface area contributed by atoms with Crippen molar-refractivity contribution in [2.75, 3.05) is 26.5 Å². The standard InChI is InChI=1S/C14H23NO4S2/c1-14(2,3)20-9-8-15-21(16,17)11-6-7-12(18-4)13(10-11)19-5/h6-7,10,15H,8-9H2,1-5H3. The van der Waals surface area contributed by atoms with Crippen LogP contribution >= 0.6 is 11.8 Å². The van der Waals surface area contributed by atoms with Crippen LogP contribution in [0, 0.1) is 0 Å². The van der Waals surface area contributed by atoms with E-state index in [9.17, 15) is 8.42 Å². The third kappa shape index (κ3) is 5.76. The lowest BCUT2D eigenvalue weighted by Gasteiger charge is -2.17. The summed E-state index contributed by atoms with van der Waals surface area (Å²) >= 11 is 1.71. The van der Waals surface area contributed by atoms with E-state index in [2.05, 4.69) is 25.5 Å². The molecule has 0 spiro atoms. The fraction of sp³-hybridized carbons (Fsp3) is 0.571. The molecule has 0 bridgehead atoms. The molecule has 1 N–H and O–H groups in total. The summed E-state index contributed by atoms with van der Waals surface area (Å²) in [4.78, 5) is 0.168. The predicted octanol–water partition coefficient (Wildman–Crippen LogP) is 2.51. The molecule has 0 fully saturated rings. The molecule has 1 aromatic rings. The molecule has 0 atom stereocenters. The zero-order valence-corrected chi connectivity index (χ0v) is 14.7. The van der Waals surface area contributed by atoms with Crippen LogP contribution in [0.25, 0.3) is 0 Å². The van der Waals surface area contributed by atoms with E-state index >= 15 is 0 Å². The molecule has 0 radical (unpaired) electrons. The maximum absolute atomic E-state index is 12.2. The molecule has 0 amide bonds. The summed E-state index contributed by atoms with van der Waals surface area (Å²) in [5.41, 5.74) is 0. The number of methoxy groups -OCH3 is 2. The molecular weight excluding hydrogens is 310 g/mol. The number of hydrogen-bond donors (Lipinski definition) is 1. The van der Waals surface area contributed by atoms with Gasteiger partial charge in [-0.05, 0) is 12.1 Å². The Kier molecular flexibility index (Phi) is 6.37. The van der Waals surface area contributed by atoms with Gasteiger partial charge in [0.1, 0.15) is 0 Å². The van der Waals surface area contributed by atoms with Crippen molar-refractivity contribution in [3.63, 3.8) is 0 Å². The number of nitrogens with one attached hydrogen (secondary N) is 1. The van der Waals surface area contributed by atoms with Crippen LogP contribution in [-0.2, 0) is 10.0 Å². The average Bonchev–Trinajstić information content (AvgIpc) is 2.41. The van der Waals surface area contributed by atoms with Crippen LogP contribution < -0.4 is 14.2 Å². The van der Waals surface area contributed by atoms with Crippen molar-refractivity contribution in [2.45, 2.75) is 30.4 Å². The average molecular weight is 333 g/mol. The number of ether oxygens (including phenoxy) is 2. The van der Waals surface area contributed by atoms with E-state index in [1.54, 1.807) is 17.8 Å². The SMILES string of the molecule is COc1ccc(S(=O)(=O)NCCSC(C)(C)C)cc1OC. The number of benzene rings is 1. The fourth-order valence-corrected chi connectivity index (χ4v) is 3.59. The first-order valence-corrected chi connectivity index (χ1v) is 9.02. The first-order valence-electron chi connectivity index (χ1n) is 6.55. The first kappa shape index (κ1) is 18.1. The van der Waals surface area contributed by atoms with Gasteiger partial charge in [0.15, 0.2) is 11.5 Å². The molecule has 0 aliphatic carbocycles. The van der Waals surface area contributed by atoms with Crippen LogP contribution in [0.3, 0.4) is 0 Å². The number of thioether (sulfide) groups is 1. The fourth-order valence-electron chi connectivity index (χ4n) is 1.60. The summed E-state index contributed by atoms with van der Waals surface area (Å²) in [5.74, 6) is 1.61. The lowest BCUT2D eigenvalue weighted by Crippen LogP contribution is -2.27. The van der Waals surface area contributed by atoms with Crippen molar-refractivity contribution >= 4 is 21.8 Å². The Labute approximate surface area is 131 Å². The summed E-state index contributed by atoms with van der Waals surface area (Å²) in [7, 11) is -0.553. The summed E-state index contributed by atoms with van der Waals surface area (Å²) in [6.45, 7) is 6.68. The Morgan fingerprint density at radius 2 is 1.76 bits per heavy atom. The van der Waals surface area contributed by atoms with Crippen LogP contribution in [0.5, 0.6) is 11.5 Å². The van der Waals surface area contributed by atoms with Crippen molar-refractivity contribution in [2.24, 2.45) is 0 Å². The van der Waals surface area contributed by atoms with E-state index < -0.39 is 10.0 Å². The van der Waals surface area contributed by atoms with E-state index in [0.717, 1.165) is 5.75 Å².